The van der Waals surface area contributed by atoms with Crippen LogP contribution in [-0.2, 0) is 19.1 Å². The van der Waals surface area contributed by atoms with E-state index < -0.39 is 35.7 Å². The Morgan fingerprint density at radius 2 is 1.54 bits per heavy atom. The van der Waals surface area contributed by atoms with Crippen LogP contribution in [0.15, 0.2) is 23.8 Å². The minimum Gasteiger partial charge on any atom is -0.493 e. The van der Waals surface area contributed by atoms with E-state index in [1.54, 1.807) is 32.9 Å². The van der Waals surface area contributed by atoms with E-state index in [2.05, 4.69) is 0 Å². The number of benzene rings is 2. The maximum Gasteiger partial charge on any atom is 0.331 e. The fraction of sp³-hybridized carbons (Fsp3) is 0.467. The third-order valence-electron chi connectivity index (χ3n) is 7.39. The molecule has 222 valence electrons. The van der Waals surface area contributed by atoms with Gasteiger partial charge in [-0.05, 0) is 32.9 Å². The van der Waals surface area contributed by atoms with Crippen molar-refractivity contribution in [3.8, 4) is 45.6 Å². The van der Waals surface area contributed by atoms with Crippen molar-refractivity contribution in [3.63, 3.8) is 0 Å². The molecule has 4 atom stereocenters. The number of ether oxygens (including phenoxy) is 8. The molecule has 11 heteroatoms. The first-order chi connectivity index (χ1) is 19.4. The first kappa shape index (κ1) is 29.9. The van der Waals surface area contributed by atoms with Crippen molar-refractivity contribution in [1.29, 1.82) is 0 Å². The minimum atomic E-state index is -1.80. The standard InChI is InChI=1S/C30H36O11/c1-14(2)10-21(32)41-29-18-12-19(34-6)25(35-7)27(36-8)23(18)22-17(11-20-26(28(22)37-9)39-13-38-20)24(40-16(4)31)15(3)30(29,5)33/h10-12,15,24,29,33H,13H2,1-9H3/t15-,24+,29-,30-/m0/s1. The maximum atomic E-state index is 13.1. The number of rotatable bonds is 7. The van der Waals surface area contributed by atoms with E-state index in [1.165, 1.54) is 48.4 Å². The second-order valence-corrected chi connectivity index (χ2v) is 10.3. The van der Waals surface area contributed by atoms with Crippen LogP contribution in [0.4, 0.5) is 0 Å². The highest BCUT2D eigenvalue weighted by Crippen LogP contribution is 2.61. The molecule has 4 rings (SSSR count). The van der Waals surface area contributed by atoms with E-state index in [4.69, 9.17) is 37.9 Å². The third-order valence-corrected chi connectivity index (χ3v) is 7.39. The number of aliphatic hydroxyl groups is 1. The van der Waals surface area contributed by atoms with Gasteiger partial charge in [0.05, 0.1) is 28.4 Å². The van der Waals surface area contributed by atoms with Gasteiger partial charge in [0.1, 0.15) is 11.7 Å². The lowest BCUT2D eigenvalue weighted by Crippen LogP contribution is -2.46. The van der Waals surface area contributed by atoms with Gasteiger partial charge in [-0.25, -0.2) is 4.79 Å². The average molecular weight is 573 g/mol. The number of hydrogen-bond acceptors (Lipinski definition) is 11. The van der Waals surface area contributed by atoms with Crippen molar-refractivity contribution in [2.45, 2.75) is 52.4 Å². The molecule has 0 amide bonds. The Balaban J connectivity index is 2.24. The Morgan fingerprint density at radius 3 is 2.10 bits per heavy atom. The Labute approximate surface area is 238 Å². The molecule has 0 saturated heterocycles. The van der Waals surface area contributed by atoms with Crippen molar-refractivity contribution < 1.29 is 52.6 Å². The third kappa shape index (κ3) is 5.10. The summed E-state index contributed by atoms with van der Waals surface area (Å²) in [6.45, 7) is 7.96. The molecule has 0 fully saturated rings. The minimum absolute atomic E-state index is 0.0566. The Bertz CT molecular complexity index is 1390. The molecule has 2 aliphatic rings. The zero-order valence-corrected chi connectivity index (χ0v) is 24.7. The summed E-state index contributed by atoms with van der Waals surface area (Å²) in [4.78, 5) is 25.5. The van der Waals surface area contributed by atoms with Crippen molar-refractivity contribution >= 4 is 11.9 Å². The van der Waals surface area contributed by atoms with Crippen molar-refractivity contribution in [3.05, 3.63) is 34.9 Å². The summed E-state index contributed by atoms with van der Waals surface area (Å²) >= 11 is 0. The topological polar surface area (TPSA) is 128 Å². The SMILES string of the molecule is COc1cc2c(c(OC)c1OC)-c1c(cc3c(c1OC)OCO3)[C@H](OC(C)=O)[C@H](C)[C@](C)(O)[C@H]2OC(=O)C=C(C)C. The number of hydrogen-bond donors (Lipinski definition) is 1. The molecule has 41 heavy (non-hydrogen) atoms. The van der Waals surface area contributed by atoms with E-state index in [0.717, 1.165) is 0 Å². The summed E-state index contributed by atoms with van der Waals surface area (Å²) < 4.78 is 46.5. The van der Waals surface area contributed by atoms with E-state index in [1.807, 2.05) is 0 Å². The van der Waals surface area contributed by atoms with Gasteiger partial charge in [-0.2, -0.15) is 0 Å². The summed E-state index contributed by atoms with van der Waals surface area (Å²) in [6.07, 6.45) is -1.02. The predicted molar refractivity (Wildman–Crippen MR) is 147 cm³/mol. The second-order valence-electron chi connectivity index (χ2n) is 10.3. The molecule has 0 unspecified atom stereocenters. The molecular weight excluding hydrogens is 536 g/mol. The summed E-state index contributed by atoms with van der Waals surface area (Å²) in [5.74, 6) is -0.404. The quantitative estimate of drug-likeness (QED) is 0.367. The molecular formula is C30H36O11. The summed E-state index contributed by atoms with van der Waals surface area (Å²) in [7, 11) is 5.83. The smallest absolute Gasteiger partial charge is 0.331 e. The summed E-state index contributed by atoms with van der Waals surface area (Å²) in [5.41, 5.74) is 0.472. The van der Waals surface area contributed by atoms with Gasteiger partial charge in [0, 0.05) is 41.2 Å². The van der Waals surface area contributed by atoms with Gasteiger partial charge >= 0.3 is 11.9 Å². The highest BCUT2D eigenvalue weighted by Gasteiger charge is 2.51. The van der Waals surface area contributed by atoms with Crippen LogP contribution in [0.3, 0.4) is 0 Å². The van der Waals surface area contributed by atoms with Crippen molar-refractivity contribution in [2.24, 2.45) is 5.92 Å². The van der Waals surface area contributed by atoms with Gasteiger partial charge in [0.25, 0.3) is 0 Å². The molecule has 0 radical (unpaired) electrons. The Kier molecular flexibility index (Phi) is 8.30. The van der Waals surface area contributed by atoms with Gasteiger partial charge in [-0.15, -0.1) is 0 Å². The normalized spacial score (nSPS) is 22.2. The lowest BCUT2D eigenvalue weighted by atomic mass is 9.71. The second kappa shape index (κ2) is 11.4. The fourth-order valence-electron chi connectivity index (χ4n) is 5.39. The molecule has 0 bridgehead atoms. The highest BCUT2D eigenvalue weighted by atomic mass is 16.7. The summed E-state index contributed by atoms with van der Waals surface area (Å²) in [5, 5.41) is 12.2. The first-order valence-corrected chi connectivity index (χ1v) is 13.0. The number of methoxy groups -OCH3 is 4. The predicted octanol–water partition coefficient (Wildman–Crippen LogP) is 4.67. The van der Waals surface area contributed by atoms with E-state index in [-0.39, 0.29) is 29.8 Å². The molecule has 11 nitrogen and oxygen atoms in total. The van der Waals surface area contributed by atoms with E-state index in [0.29, 0.717) is 39.3 Å². The monoisotopic (exact) mass is 572 g/mol. The van der Waals surface area contributed by atoms with Crippen LogP contribution in [0.25, 0.3) is 11.1 Å². The molecule has 0 saturated carbocycles. The number of allylic oxidation sites excluding steroid dienone is 1. The number of fused-ring (bicyclic) bond motifs is 4. The van der Waals surface area contributed by atoms with Gasteiger partial charge in [0.15, 0.2) is 29.1 Å². The Hall–Kier alpha value is -4.12. The van der Waals surface area contributed by atoms with Crippen LogP contribution in [0.2, 0.25) is 0 Å². The summed E-state index contributed by atoms with van der Waals surface area (Å²) in [6, 6.07) is 3.31. The van der Waals surface area contributed by atoms with Gasteiger partial charge in [0.2, 0.25) is 18.3 Å². The molecule has 1 heterocycles. The van der Waals surface area contributed by atoms with Crippen LogP contribution in [-0.4, -0.2) is 57.9 Å². The molecule has 1 aliphatic carbocycles. The van der Waals surface area contributed by atoms with Crippen molar-refractivity contribution in [2.75, 3.05) is 35.2 Å². The zero-order valence-electron chi connectivity index (χ0n) is 24.7. The number of esters is 2. The van der Waals surface area contributed by atoms with E-state index in [9.17, 15) is 14.7 Å². The average Bonchev–Trinajstić information content (AvgIpc) is 3.39. The lowest BCUT2D eigenvalue weighted by molar-refractivity contribution is -0.181. The van der Waals surface area contributed by atoms with Gasteiger partial charge in [-0.3, -0.25) is 4.79 Å². The zero-order chi connectivity index (χ0) is 30.2. The largest absolute Gasteiger partial charge is 0.493 e. The molecule has 0 spiro atoms. The van der Waals surface area contributed by atoms with Crippen molar-refractivity contribution in [1.82, 2.24) is 0 Å². The number of carbonyl (C=O) groups excluding carboxylic acids is 2. The fourth-order valence-corrected chi connectivity index (χ4v) is 5.39. The van der Waals surface area contributed by atoms with Crippen LogP contribution in [0, 0.1) is 5.92 Å². The molecule has 1 aliphatic heterocycles. The van der Waals surface area contributed by atoms with E-state index >= 15 is 0 Å². The van der Waals surface area contributed by atoms with Gasteiger partial charge < -0.3 is 43.0 Å². The molecule has 0 aromatic heterocycles. The van der Waals surface area contributed by atoms with Crippen LogP contribution in [0.1, 0.15) is 58.0 Å². The molecule has 2 aromatic carbocycles. The number of carbonyl (C=O) groups is 2. The van der Waals surface area contributed by atoms with Crippen LogP contribution >= 0.6 is 0 Å². The highest BCUT2D eigenvalue weighted by molar-refractivity contribution is 5.90. The molecule has 2 aromatic rings. The lowest BCUT2D eigenvalue weighted by Gasteiger charge is -2.43. The molecule has 1 N–H and O–H groups in total. The van der Waals surface area contributed by atoms with Crippen LogP contribution < -0.4 is 28.4 Å². The van der Waals surface area contributed by atoms with Gasteiger partial charge in [-0.1, -0.05) is 12.5 Å². The maximum absolute atomic E-state index is 13.1. The first-order valence-electron chi connectivity index (χ1n) is 13.0. The Morgan fingerprint density at radius 1 is 0.902 bits per heavy atom. The van der Waals surface area contributed by atoms with Crippen LogP contribution in [0.5, 0.6) is 34.5 Å².